The highest BCUT2D eigenvalue weighted by Crippen LogP contribution is 2.35. The number of hydrogen-bond donors (Lipinski definition) is 1. The van der Waals surface area contributed by atoms with Crippen molar-refractivity contribution in [1.82, 2.24) is 9.62 Å². The number of carbonyl (C=O) groups excluding carboxylic acids is 2. The third-order valence-electron chi connectivity index (χ3n) is 6.69. The van der Waals surface area contributed by atoms with E-state index in [0.717, 1.165) is 22.6 Å². The number of benzene rings is 2. The maximum absolute atomic E-state index is 13.3. The van der Waals surface area contributed by atoms with Gasteiger partial charge in [0, 0.05) is 44.2 Å². The SMILES string of the molecule is COc1ccc(CNC(=O)C2CCN(S(=O)(=O)c3ccc4c(c3)C[C@@H](C)N4C(C)=O)CC2)cc1. The topological polar surface area (TPSA) is 96.0 Å². The fourth-order valence-corrected chi connectivity index (χ4v) is 6.35. The quantitative estimate of drug-likeness (QED) is 0.679. The van der Waals surface area contributed by atoms with Gasteiger partial charge in [0.15, 0.2) is 0 Å². The molecule has 0 spiro atoms. The van der Waals surface area contributed by atoms with Gasteiger partial charge in [0.05, 0.1) is 12.0 Å². The number of piperidine rings is 1. The molecule has 1 fully saturated rings. The van der Waals surface area contributed by atoms with E-state index in [-0.39, 0.29) is 28.7 Å². The predicted octanol–water partition coefficient (Wildman–Crippen LogP) is 2.71. The Bertz CT molecular complexity index is 1170. The van der Waals surface area contributed by atoms with Crippen LogP contribution in [0.5, 0.6) is 5.75 Å². The van der Waals surface area contributed by atoms with E-state index >= 15 is 0 Å². The minimum absolute atomic E-state index is 0.0117. The molecule has 1 saturated heterocycles. The van der Waals surface area contributed by atoms with Gasteiger partial charge in [-0.15, -0.1) is 0 Å². The molecule has 4 rings (SSSR count). The van der Waals surface area contributed by atoms with Crippen molar-refractivity contribution in [3.63, 3.8) is 0 Å². The monoisotopic (exact) mass is 485 g/mol. The van der Waals surface area contributed by atoms with Gasteiger partial charge in [0.25, 0.3) is 0 Å². The first-order chi connectivity index (χ1) is 16.2. The number of carbonyl (C=O) groups is 2. The van der Waals surface area contributed by atoms with Gasteiger partial charge >= 0.3 is 0 Å². The number of rotatable bonds is 6. The number of fused-ring (bicyclic) bond motifs is 1. The summed E-state index contributed by atoms with van der Waals surface area (Å²) in [6.07, 6.45) is 1.59. The van der Waals surface area contributed by atoms with Crippen LogP contribution >= 0.6 is 0 Å². The summed E-state index contributed by atoms with van der Waals surface area (Å²) in [6, 6.07) is 12.5. The Hall–Kier alpha value is -2.91. The number of anilines is 1. The van der Waals surface area contributed by atoms with Gasteiger partial charge in [-0.2, -0.15) is 4.31 Å². The van der Waals surface area contributed by atoms with E-state index in [4.69, 9.17) is 4.74 Å². The van der Waals surface area contributed by atoms with Crippen LogP contribution in [-0.4, -0.2) is 50.8 Å². The van der Waals surface area contributed by atoms with E-state index in [9.17, 15) is 18.0 Å². The molecule has 2 amide bonds. The molecule has 2 aromatic rings. The minimum atomic E-state index is -3.66. The number of methoxy groups -OCH3 is 1. The third-order valence-corrected chi connectivity index (χ3v) is 8.59. The van der Waals surface area contributed by atoms with Crippen molar-refractivity contribution in [2.24, 2.45) is 5.92 Å². The smallest absolute Gasteiger partial charge is 0.243 e. The molecule has 0 radical (unpaired) electrons. The molecule has 0 aromatic heterocycles. The van der Waals surface area contributed by atoms with E-state index in [0.29, 0.717) is 38.9 Å². The van der Waals surface area contributed by atoms with Crippen LogP contribution in [0.2, 0.25) is 0 Å². The Morgan fingerprint density at radius 1 is 1.09 bits per heavy atom. The molecule has 9 heteroatoms. The molecule has 8 nitrogen and oxygen atoms in total. The fraction of sp³-hybridized carbons (Fsp3) is 0.440. The predicted molar refractivity (Wildman–Crippen MR) is 129 cm³/mol. The summed E-state index contributed by atoms with van der Waals surface area (Å²) in [7, 11) is -2.06. The van der Waals surface area contributed by atoms with Crippen LogP contribution in [0.1, 0.15) is 37.8 Å². The van der Waals surface area contributed by atoms with Crippen molar-refractivity contribution in [2.45, 2.75) is 50.6 Å². The van der Waals surface area contributed by atoms with Crippen molar-refractivity contribution < 1.29 is 22.7 Å². The second-order valence-electron chi connectivity index (χ2n) is 8.98. The van der Waals surface area contributed by atoms with Crippen LogP contribution < -0.4 is 15.0 Å². The Morgan fingerprint density at radius 2 is 1.76 bits per heavy atom. The first-order valence-electron chi connectivity index (χ1n) is 11.5. The second kappa shape index (κ2) is 9.76. The zero-order valence-corrected chi connectivity index (χ0v) is 20.6. The van der Waals surface area contributed by atoms with E-state index in [2.05, 4.69) is 5.32 Å². The number of nitrogens with one attached hydrogen (secondary N) is 1. The molecule has 34 heavy (non-hydrogen) atoms. The molecule has 2 aromatic carbocycles. The van der Waals surface area contributed by atoms with Crippen LogP contribution in [0, 0.1) is 5.92 Å². The van der Waals surface area contributed by atoms with Gasteiger partial charge in [0.1, 0.15) is 5.75 Å². The maximum atomic E-state index is 13.3. The zero-order valence-electron chi connectivity index (χ0n) is 19.8. The largest absolute Gasteiger partial charge is 0.497 e. The zero-order chi connectivity index (χ0) is 24.5. The van der Waals surface area contributed by atoms with Crippen LogP contribution in [0.3, 0.4) is 0 Å². The normalized spacial score (nSPS) is 19.0. The Morgan fingerprint density at radius 3 is 2.38 bits per heavy atom. The van der Waals surface area contributed by atoms with Crippen LogP contribution in [0.4, 0.5) is 5.69 Å². The molecule has 2 aliphatic heterocycles. The molecule has 1 N–H and O–H groups in total. The molecule has 2 heterocycles. The molecular formula is C25H31N3O5S. The van der Waals surface area contributed by atoms with E-state index < -0.39 is 10.0 Å². The van der Waals surface area contributed by atoms with E-state index in [1.165, 1.54) is 11.2 Å². The maximum Gasteiger partial charge on any atom is 0.243 e. The summed E-state index contributed by atoms with van der Waals surface area (Å²) in [6.45, 7) is 4.51. The molecular weight excluding hydrogens is 454 g/mol. The van der Waals surface area contributed by atoms with Gasteiger partial charge in [-0.3, -0.25) is 9.59 Å². The molecule has 0 bridgehead atoms. The molecule has 0 saturated carbocycles. The van der Waals surface area contributed by atoms with Crippen molar-refractivity contribution in [1.29, 1.82) is 0 Å². The lowest BCUT2D eigenvalue weighted by atomic mass is 9.97. The summed E-state index contributed by atoms with van der Waals surface area (Å²) in [5, 5.41) is 2.96. The Kier molecular flexibility index (Phi) is 6.95. The average molecular weight is 486 g/mol. The summed E-state index contributed by atoms with van der Waals surface area (Å²) < 4.78 is 33.1. The van der Waals surface area contributed by atoms with Crippen molar-refractivity contribution >= 4 is 27.5 Å². The van der Waals surface area contributed by atoms with Crippen molar-refractivity contribution in [2.75, 3.05) is 25.1 Å². The summed E-state index contributed by atoms with van der Waals surface area (Å²) in [5.41, 5.74) is 2.63. The summed E-state index contributed by atoms with van der Waals surface area (Å²) in [5.74, 6) is 0.449. The lowest BCUT2D eigenvalue weighted by Crippen LogP contribution is -2.42. The van der Waals surface area contributed by atoms with Gasteiger partial charge in [-0.25, -0.2) is 8.42 Å². The number of nitrogens with zero attached hydrogens (tertiary/aromatic N) is 2. The first-order valence-corrected chi connectivity index (χ1v) is 13.0. The van der Waals surface area contributed by atoms with Gasteiger partial charge in [-0.1, -0.05) is 12.1 Å². The molecule has 182 valence electrons. The molecule has 0 unspecified atom stereocenters. The Labute approximate surface area is 200 Å². The van der Waals surface area contributed by atoms with Crippen molar-refractivity contribution in [3.05, 3.63) is 53.6 Å². The molecule has 1 atom stereocenters. The summed E-state index contributed by atoms with van der Waals surface area (Å²) >= 11 is 0. The highest BCUT2D eigenvalue weighted by atomic mass is 32.2. The van der Waals surface area contributed by atoms with E-state index in [1.807, 2.05) is 31.2 Å². The first kappa shape index (κ1) is 24.2. The number of hydrogen-bond acceptors (Lipinski definition) is 5. The number of amides is 2. The lowest BCUT2D eigenvalue weighted by molar-refractivity contribution is -0.126. The second-order valence-corrected chi connectivity index (χ2v) is 10.9. The minimum Gasteiger partial charge on any atom is -0.497 e. The van der Waals surface area contributed by atoms with Gasteiger partial charge in [-0.05, 0) is 67.6 Å². The standard InChI is InChI=1S/C25H31N3O5S/c1-17-14-21-15-23(8-9-24(21)28(17)18(2)29)34(31,32)27-12-10-20(11-13-27)25(30)26-16-19-4-6-22(33-3)7-5-19/h4-9,15,17,20H,10-14,16H2,1-3H3,(H,26,30)/t17-/m1/s1. The third kappa shape index (κ3) is 4.81. The van der Waals surface area contributed by atoms with Crippen LogP contribution in [-0.2, 0) is 32.6 Å². The van der Waals surface area contributed by atoms with Crippen molar-refractivity contribution in [3.8, 4) is 5.75 Å². The highest BCUT2D eigenvalue weighted by molar-refractivity contribution is 7.89. The Balaban J connectivity index is 1.35. The number of ether oxygens (including phenoxy) is 1. The molecule has 2 aliphatic rings. The average Bonchev–Trinajstić information content (AvgIpc) is 3.18. The summed E-state index contributed by atoms with van der Waals surface area (Å²) in [4.78, 5) is 26.5. The fourth-order valence-electron chi connectivity index (χ4n) is 4.83. The van der Waals surface area contributed by atoms with Crippen LogP contribution in [0.25, 0.3) is 0 Å². The van der Waals surface area contributed by atoms with Gasteiger partial charge < -0.3 is 15.0 Å². The van der Waals surface area contributed by atoms with E-state index in [1.54, 1.807) is 30.2 Å². The number of sulfonamides is 1. The lowest BCUT2D eigenvalue weighted by Gasteiger charge is -2.30. The van der Waals surface area contributed by atoms with Gasteiger partial charge in [0.2, 0.25) is 21.8 Å². The van der Waals surface area contributed by atoms with Crippen LogP contribution in [0.15, 0.2) is 47.4 Å². The molecule has 0 aliphatic carbocycles. The highest BCUT2D eigenvalue weighted by Gasteiger charge is 2.34.